The molecule has 0 aliphatic rings. The Morgan fingerprint density at radius 1 is 1.25 bits per heavy atom. The summed E-state index contributed by atoms with van der Waals surface area (Å²) in [5.74, 6) is -1.02. The van der Waals surface area contributed by atoms with Crippen molar-refractivity contribution in [1.82, 2.24) is 20.2 Å². The van der Waals surface area contributed by atoms with Gasteiger partial charge in [-0.25, -0.2) is 4.79 Å². The van der Waals surface area contributed by atoms with Crippen molar-refractivity contribution >= 4 is 22.7 Å². The third-order valence-corrected chi connectivity index (χ3v) is 2.88. The number of carboxylic acid groups (broad SMARTS) is 1. The van der Waals surface area contributed by atoms with Crippen LogP contribution in [-0.4, -0.2) is 31.2 Å². The molecule has 3 N–H and O–H groups in total. The summed E-state index contributed by atoms with van der Waals surface area (Å²) in [4.78, 5) is 19.4. The van der Waals surface area contributed by atoms with E-state index in [-0.39, 0.29) is 5.69 Å². The molecule has 2 heterocycles. The molecular formula is C13H11N5O2. The second kappa shape index (κ2) is 4.96. The van der Waals surface area contributed by atoms with Crippen LogP contribution in [0.4, 0.5) is 5.69 Å². The number of rotatable bonds is 4. The minimum absolute atomic E-state index is 0.0954. The number of benzene rings is 1. The summed E-state index contributed by atoms with van der Waals surface area (Å²) >= 11 is 0. The molecule has 0 radical (unpaired) electrons. The van der Waals surface area contributed by atoms with Gasteiger partial charge < -0.3 is 10.4 Å². The molecule has 0 aliphatic carbocycles. The lowest BCUT2D eigenvalue weighted by molar-refractivity contribution is 0.0689. The molecule has 0 bridgehead atoms. The molecule has 3 rings (SSSR count). The Morgan fingerprint density at radius 3 is 2.85 bits per heavy atom. The highest BCUT2D eigenvalue weighted by Crippen LogP contribution is 2.16. The largest absolute Gasteiger partial charge is 0.477 e. The summed E-state index contributed by atoms with van der Waals surface area (Å²) < 4.78 is 0. The second-order valence-corrected chi connectivity index (χ2v) is 4.19. The zero-order chi connectivity index (χ0) is 13.9. The van der Waals surface area contributed by atoms with Crippen LogP contribution in [0, 0.1) is 0 Å². The number of aromatic nitrogens is 4. The number of hydrogen-bond acceptors (Lipinski definition) is 5. The van der Waals surface area contributed by atoms with E-state index in [0.717, 1.165) is 16.7 Å². The van der Waals surface area contributed by atoms with Gasteiger partial charge in [-0.3, -0.25) is 15.1 Å². The Balaban J connectivity index is 1.79. The van der Waals surface area contributed by atoms with Gasteiger partial charge in [0.2, 0.25) is 0 Å². The number of aromatic amines is 1. The van der Waals surface area contributed by atoms with Gasteiger partial charge in [-0.15, -0.1) is 0 Å². The van der Waals surface area contributed by atoms with E-state index in [1.165, 1.54) is 6.20 Å². The van der Waals surface area contributed by atoms with Gasteiger partial charge in [0.25, 0.3) is 0 Å². The summed E-state index contributed by atoms with van der Waals surface area (Å²) in [6.07, 6.45) is 4.77. The van der Waals surface area contributed by atoms with E-state index in [2.05, 4.69) is 25.5 Å². The van der Waals surface area contributed by atoms with Gasteiger partial charge in [-0.2, -0.15) is 5.10 Å². The molecule has 0 fully saturated rings. The third-order valence-electron chi connectivity index (χ3n) is 2.88. The first-order valence-electron chi connectivity index (χ1n) is 5.94. The summed E-state index contributed by atoms with van der Waals surface area (Å²) in [5, 5.41) is 18.3. The first kappa shape index (κ1) is 12.1. The predicted octanol–water partition coefficient (Wildman–Crippen LogP) is 1.66. The molecule has 2 aromatic heterocycles. The number of carbonyl (C=O) groups is 1. The maximum Gasteiger partial charge on any atom is 0.354 e. The van der Waals surface area contributed by atoms with Crippen LogP contribution < -0.4 is 5.32 Å². The first-order chi connectivity index (χ1) is 9.74. The highest BCUT2D eigenvalue weighted by Gasteiger charge is 2.11. The Labute approximate surface area is 113 Å². The molecule has 0 amide bonds. The van der Waals surface area contributed by atoms with Crippen molar-refractivity contribution < 1.29 is 9.90 Å². The van der Waals surface area contributed by atoms with Crippen molar-refractivity contribution in [1.29, 1.82) is 0 Å². The minimum Gasteiger partial charge on any atom is -0.477 e. The smallest absolute Gasteiger partial charge is 0.354 e. The van der Waals surface area contributed by atoms with Crippen LogP contribution in [0.25, 0.3) is 11.0 Å². The van der Waals surface area contributed by atoms with E-state index in [1.807, 2.05) is 18.2 Å². The maximum absolute atomic E-state index is 11.0. The molecule has 0 unspecified atom stereocenters. The van der Waals surface area contributed by atoms with Gasteiger partial charge in [-0.1, -0.05) is 0 Å². The quantitative estimate of drug-likeness (QED) is 0.665. The van der Waals surface area contributed by atoms with Gasteiger partial charge >= 0.3 is 5.97 Å². The standard InChI is InChI=1S/C13H11N5O2/c19-13(20)12-8(7-17-18-12)6-16-9-1-2-10-11(5-9)15-4-3-14-10/h1-5,7,16H,6H2,(H,17,18)(H,19,20). The molecule has 100 valence electrons. The number of anilines is 1. The molecule has 7 nitrogen and oxygen atoms in total. The van der Waals surface area contributed by atoms with Gasteiger partial charge in [0.1, 0.15) is 5.69 Å². The van der Waals surface area contributed by atoms with E-state index in [0.29, 0.717) is 12.1 Å². The fourth-order valence-electron chi connectivity index (χ4n) is 1.90. The lowest BCUT2D eigenvalue weighted by atomic mass is 10.2. The Bertz CT molecular complexity index is 768. The third kappa shape index (κ3) is 2.28. The van der Waals surface area contributed by atoms with E-state index in [1.54, 1.807) is 12.4 Å². The number of nitrogens with zero attached hydrogens (tertiary/aromatic N) is 3. The Kier molecular flexibility index (Phi) is 3.00. The van der Waals surface area contributed by atoms with Crippen molar-refractivity contribution in [3.05, 3.63) is 48.0 Å². The van der Waals surface area contributed by atoms with E-state index < -0.39 is 5.97 Å². The zero-order valence-electron chi connectivity index (χ0n) is 10.4. The monoisotopic (exact) mass is 269 g/mol. The molecule has 0 aliphatic heterocycles. The molecule has 3 aromatic rings. The van der Waals surface area contributed by atoms with Gasteiger partial charge in [0, 0.05) is 30.2 Å². The Hall–Kier alpha value is -2.96. The lowest BCUT2D eigenvalue weighted by Gasteiger charge is -2.06. The predicted molar refractivity (Wildman–Crippen MR) is 72.4 cm³/mol. The van der Waals surface area contributed by atoms with Crippen LogP contribution >= 0.6 is 0 Å². The summed E-state index contributed by atoms with van der Waals surface area (Å²) in [6, 6.07) is 5.60. The van der Waals surface area contributed by atoms with Gasteiger partial charge in [0.05, 0.1) is 17.2 Å². The Morgan fingerprint density at radius 2 is 2.05 bits per heavy atom. The normalized spacial score (nSPS) is 10.6. The van der Waals surface area contributed by atoms with Crippen LogP contribution in [0.2, 0.25) is 0 Å². The number of hydrogen-bond donors (Lipinski definition) is 3. The zero-order valence-corrected chi connectivity index (χ0v) is 10.4. The fourth-order valence-corrected chi connectivity index (χ4v) is 1.90. The van der Waals surface area contributed by atoms with Crippen LogP contribution in [0.15, 0.2) is 36.8 Å². The molecule has 7 heteroatoms. The molecule has 0 atom stereocenters. The lowest BCUT2D eigenvalue weighted by Crippen LogP contribution is -2.06. The van der Waals surface area contributed by atoms with Crippen molar-refractivity contribution in [2.24, 2.45) is 0 Å². The molecular weight excluding hydrogens is 258 g/mol. The summed E-state index contributed by atoms with van der Waals surface area (Å²) in [6.45, 7) is 0.365. The van der Waals surface area contributed by atoms with Crippen molar-refractivity contribution in [3.63, 3.8) is 0 Å². The first-order valence-corrected chi connectivity index (χ1v) is 5.94. The van der Waals surface area contributed by atoms with Crippen LogP contribution in [-0.2, 0) is 6.54 Å². The average molecular weight is 269 g/mol. The maximum atomic E-state index is 11.0. The van der Waals surface area contributed by atoms with Gasteiger partial charge in [0.15, 0.2) is 0 Å². The minimum atomic E-state index is -1.02. The number of fused-ring (bicyclic) bond motifs is 1. The highest BCUT2D eigenvalue weighted by atomic mass is 16.4. The van der Waals surface area contributed by atoms with Crippen LogP contribution in [0.5, 0.6) is 0 Å². The second-order valence-electron chi connectivity index (χ2n) is 4.19. The van der Waals surface area contributed by atoms with Crippen molar-refractivity contribution in [3.8, 4) is 0 Å². The summed E-state index contributed by atoms with van der Waals surface area (Å²) in [7, 11) is 0. The van der Waals surface area contributed by atoms with Gasteiger partial charge in [-0.05, 0) is 18.2 Å². The topological polar surface area (TPSA) is 104 Å². The molecule has 0 spiro atoms. The molecule has 0 saturated heterocycles. The van der Waals surface area contributed by atoms with Crippen LogP contribution in [0.1, 0.15) is 16.1 Å². The van der Waals surface area contributed by atoms with E-state index in [9.17, 15) is 4.79 Å². The summed E-state index contributed by atoms with van der Waals surface area (Å²) in [5.41, 5.74) is 3.13. The number of aromatic carboxylic acids is 1. The van der Waals surface area contributed by atoms with E-state index in [4.69, 9.17) is 5.11 Å². The number of H-pyrrole nitrogens is 1. The van der Waals surface area contributed by atoms with Crippen molar-refractivity contribution in [2.75, 3.05) is 5.32 Å². The SMILES string of the molecule is O=C(O)c1[nH]ncc1CNc1ccc2nccnc2c1. The molecule has 20 heavy (non-hydrogen) atoms. The molecule has 0 saturated carbocycles. The number of carboxylic acids is 1. The average Bonchev–Trinajstić information content (AvgIpc) is 2.93. The van der Waals surface area contributed by atoms with Crippen molar-refractivity contribution in [2.45, 2.75) is 6.54 Å². The van der Waals surface area contributed by atoms with Crippen LogP contribution in [0.3, 0.4) is 0 Å². The highest BCUT2D eigenvalue weighted by molar-refractivity contribution is 5.87. The number of nitrogens with one attached hydrogen (secondary N) is 2. The van der Waals surface area contributed by atoms with E-state index >= 15 is 0 Å². The fraction of sp³-hybridized carbons (Fsp3) is 0.0769. The molecule has 1 aromatic carbocycles.